The number of hydrogen-bond acceptors (Lipinski definition) is 4. The summed E-state index contributed by atoms with van der Waals surface area (Å²) in [6.45, 7) is 0. The molecule has 4 aromatic carbocycles. The van der Waals surface area contributed by atoms with E-state index in [1.54, 1.807) is 12.1 Å². The molecule has 0 fully saturated rings. The summed E-state index contributed by atoms with van der Waals surface area (Å²) >= 11 is 0. The first kappa shape index (κ1) is 21.1. The molecule has 0 saturated carbocycles. The van der Waals surface area contributed by atoms with Gasteiger partial charge in [0.15, 0.2) is 5.75 Å². The van der Waals surface area contributed by atoms with Crippen LogP contribution in [0.2, 0.25) is 0 Å². The molecule has 166 valence electrons. The van der Waals surface area contributed by atoms with Gasteiger partial charge in [0.05, 0.1) is 5.39 Å². The van der Waals surface area contributed by atoms with Crippen LogP contribution in [0.5, 0.6) is 5.75 Å². The lowest BCUT2D eigenvalue weighted by Gasteiger charge is -2.10. The third-order valence-corrected chi connectivity index (χ3v) is 6.21. The van der Waals surface area contributed by atoms with Crippen LogP contribution in [-0.4, -0.2) is 13.9 Å². The Morgan fingerprint density at radius 3 is 2.03 bits per heavy atom. The molecule has 0 unspecified atom stereocenters. The quantitative estimate of drug-likeness (QED) is 0.208. The first-order chi connectivity index (χ1) is 15.7. The topological polar surface area (TPSA) is 56.5 Å². The highest BCUT2D eigenvalue weighted by molar-refractivity contribution is 7.88. The second-order valence-corrected chi connectivity index (χ2v) is 8.91. The molecule has 0 atom stereocenters. The van der Waals surface area contributed by atoms with Crippen molar-refractivity contribution in [2.24, 2.45) is 0 Å². The molecule has 1 heterocycles. The highest BCUT2D eigenvalue weighted by atomic mass is 32.2. The Morgan fingerprint density at radius 1 is 0.667 bits per heavy atom. The van der Waals surface area contributed by atoms with Crippen molar-refractivity contribution in [3.63, 3.8) is 0 Å². The summed E-state index contributed by atoms with van der Waals surface area (Å²) in [4.78, 5) is 0. The Kier molecular flexibility index (Phi) is 4.90. The summed E-state index contributed by atoms with van der Waals surface area (Å²) < 4.78 is 72.0. The second-order valence-electron chi connectivity index (χ2n) is 7.37. The number of benzene rings is 4. The van der Waals surface area contributed by atoms with Crippen LogP contribution in [0.3, 0.4) is 0 Å². The molecule has 0 aliphatic heterocycles. The maximum atomic E-state index is 12.9. The lowest BCUT2D eigenvalue weighted by molar-refractivity contribution is -0.0499. The zero-order valence-corrected chi connectivity index (χ0v) is 17.7. The molecule has 0 N–H and O–H groups in total. The number of alkyl halides is 3. The van der Waals surface area contributed by atoms with E-state index in [1.807, 2.05) is 60.7 Å². The maximum Gasteiger partial charge on any atom is 0.534 e. The van der Waals surface area contributed by atoms with Crippen molar-refractivity contribution < 1.29 is 30.2 Å². The average molecular weight is 468 g/mol. The maximum absolute atomic E-state index is 12.9. The molecule has 5 rings (SSSR count). The highest BCUT2D eigenvalue weighted by Crippen LogP contribution is 2.39. The molecule has 0 amide bonds. The molecule has 5 aromatic rings. The van der Waals surface area contributed by atoms with Crippen molar-refractivity contribution in [3.8, 4) is 28.0 Å². The van der Waals surface area contributed by atoms with E-state index in [2.05, 4.69) is 4.18 Å². The van der Waals surface area contributed by atoms with Gasteiger partial charge in [-0.25, -0.2) is 0 Å². The van der Waals surface area contributed by atoms with E-state index >= 15 is 0 Å². The second kappa shape index (κ2) is 7.67. The monoisotopic (exact) mass is 468 g/mol. The van der Waals surface area contributed by atoms with E-state index in [9.17, 15) is 21.6 Å². The molecule has 1 aromatic heterocycles. The van der Waals surface area contributed by atoms with Gasteiger partial charge in [-0.2, -0.15) is 21.6 Å². The fourth-order valence-corrected chi connectivity index (χ4v) is 4.19. The summed E-state index contributed by atoms with van der Waals surface area (Å²) in [6.07, 6.45) is 0. The van der Waals surface area contributed by atoms with Crippen LogP contribution >= 0.6 is 0 Å². The van der Waals surface area contributed by atoms with Crippen LogP contribution in [0.15, 0.2) is 95.4 Å². The van der Waals surface area contributed by atoms with E-state index in [0.717, 1.165) is 22.3 Å². The third kappa shape index (κ3) is 3.82. The summed E-state index contributed by atoms with van der Waals surface area (Å²) in [5.74, 6) is -0.446. The van der Waals surface area contributed by atoms with Crippen molar-refractivity contribution in [2.75, 3.05) is 0 Å². The van der Waals surface area contributed by atoms with Gasteiger partial charge in [-0.1, -0.05) is 60.7 Å². The lowest BCUT2D eigenvalue weighted by Crippen LogP contribution is -2.28. The summed E-state index contributed by atoms with van der Waals surface area (Å²) in [6, 6.07) is 27.0. The Balaban J connectivity index is 1.65. The summed E-state index contributed by atoms with van der Waals surface area (Å²) in [7, 11) is -5.83. The van der Waals surface area contributed by atoms with Gasteiger partial charge in [0.25, 0.3) is 0 Å². The number of rotatable bonds is 4. The minimum atomic E-state index is -5.83. The molecular formula is C25H15F3O4S. The largest absolute Gasteiger partial charge is 0.534 e. The SMILES string of the molecule is O=S(=O)(Oc1cccc2oc3ccc(-c4cccc(-c5ccccc5)c4)cc3c12)C(F)(F)F. The van der Waals surface area contributed by atoms with Crippen LogP contribution in [0.1, 0.15) is 0 Å². The van der Waals surface area contributed by atoms with E-state index in [1.165, 1.54) is 18.2 Å². The summed E-state index contributed by atoms with van der Waals surface area (Å²) in [5, 5.41) is 0.599. The molecule has 8 heteroatoms. The van der Waals surface area contributed by atoms with Crippen LogP contribution in [0, 0.1) is 0 Å². The zero-order valence-electron chi connectivity index (χ0n) is 16.8. The fraction of sp³-hybridized carbons (Fsp3) is 0.0400. The van der Waals surface area contributed by atoms with Gasteiger partial charge in [-0.05, 0) is 52.6 Å². The van der Waals surface area contributed by atoms with Gasteiger partial charge in [0.2, 0.25) is 0 Å². The molecule has 0 bridgehead atoms. The minimum absolute atomic E-state index is 0.154. The Morgan fingerprint density at radius 2 is 1.30 bits per heavy atom. The van der Waals surface area contributed by atoms with Crippen LogP contribution in [0.25, 0.3) is 44.2 Å². The van der Waals surface area contributed by atoms with Gasteiger partial charge in [-0.15, -0.1) is 0 Å². The predicted octanol–water partition coefficient (Wildman–Crippen LogP) is 7.15. The molecule has 0 radical (unpaired) electrons. The lowest BCUT2D eigenvalue weighted by atomic mass is 9.98. The normalized spacial score (nSPS) is 12.3. The van der Waals surface area contributed by atoms with Crippen molar-refractivity contribution in [1.82, 2.24) is 0 Å². The highest BCUT2D eigenvalue weighted by Gasteiger charge is 2.48. The molecule has 0 spiro atoms. The molecule has 33 heavy (non-hydrogen) atoms. The van der Waals surface area contributed by atoms with Gasteiger partial charge in [-0.3, -0.25) is 0 Å². The van der Waals surface area contributed by atoms with Crippen LogP contribution in [0.4, 0.5) is 13.2 Å². The van der Waals surface area contributed by atoms with E-state index in [0.29, 0.717) is 11.0 Å². The molecular weight excluding hydrogens is 453 g/mol. The molecule has 0 aliphatic carbocycles. The summed E-state index contributed by atoms with van der Waals surface area (Å²) in [5.41, 5.74) is -1.21. The Bertz CT molecular complexity index is 1590. The van der Waals surface area contributed by atoms with E-state index < -0.39 is 21.4 Å². The smallest absolute Gasteiger partial charge is 0.456 e. The van der Waals surface area contributed by atoms with Crippen molar-refractivity contribution >= 4 is 32.1 Å². The van der Waals surface area contributed by atoms with Crippen molar-refractivity contribution in [3.05, 3.63) is 91.0 Å². The van der Waals surface area contributed by atoms with Gasteiger partial charge >= 0.3 is 15.6 Å². The number of halogens is 3. The van der Waals surface area contributed by atoms with Gasteiger partial charge in [0, 0.05) is 5.39 Å². The van der Waals surface area contributed by atoms with Crippen LogP contribution in [-0.2, 0) is 10.1 Å². The van der Waals surface area contributed by atoms with Crippen molar-refractivity contribution in [2.45, 2.75) is 5.51 Å². The third-order valence-electron chi connectivity index (χ3n) is 5.24. The van der Waals surface area contributed by atoms with E-state index in [4.69, 9.17) is 4.42 Å². The molecule has 0 saturated heterocycles. The average Bonchev–Trinajstić information content (AvgIpc) is 3.17. The Labute approximate surface area is 187 Å². The molecule has 0 aliphatic rings. The first-order valence-corrected chi connectivity index (χ1v) is 11.3. The zero-order chi connectivity index (χ0) is 23.2. The van der Waals surface area contributed by atoms with Gasteiger partial charge in [0.1, 0.15) is 11.2 Å². The first-order valence-electron chi connectivity index (χ1n) is 9.85. The standard InChI is InChI=1S/C25H15F3O4S/c26-25(27,28)33(29,30)32-23-11-5-10-22-24(23)20-15-19(12-13-21(20)31-22)18-9-4-8-17(14-18)16-6-2-1-3-7-16/h1-15H. The predicted molar refractivity (Wildman–Crippen MR) is 120 cm³/mol. The number of fused-ring (bicyclic) bond motifs is 3. The fourth-order valence-electron chi connectivity index (χ4n) is 3.72. The minimum Gasteiger partial charge on any atom is -0.456 e. The van der Waals surface area contributed by atoms with Gasteiger partial charge < -0.3 is 8.60 Å². The number of hydrogen-bond donors (Lipinski definition) is 0. The van der Waals surface area contributed by atoms with Crippen molar-refractivity contribution in [1.29, 1.82) is 0 Å². The van der Waals surface area contributed by atoms with Crippen LogP contribution < -0.4 is 4.18 Å². The molecule has 4 nitrogen and oxygen atoms in total. The Hall–Kier alpha value is -3.78. The van der Waals surface area contributed by atoms with E-state index in [-0.39, 0.29) is 11.0 Å². The number of furan rings is 1.